The standard InChI is InChI=1S/C15H19FN6O.ClH/c1-11-18-19-20-22(11)14(10-12-3-2-4-13(16)9-12)15(23)21-7-5-17-6-8-21;/h2-4,9,14,17H,5-8,10H2,1H3;1H. The average molecular weight is 355 g/mol. The van der Waals surface area contributed by atoms with E-state index >= 15 is 0 Å². The van der Waals surface area contributed by atoms with Gasteiger partial charge in [0.25, 0.3) is 0 Å². The van der Waals surface area contributed by atoms with Crippen LogP contribution in [0.15, 0.2) is 24.3 Å². The number of nitrogens with one attached hydrogen (secondary N) is 1. The number of nitrogens with zero attached hydrogens (tertiary/aromatic N) is 5. The molecule has 0 spiro atoms. The Kier molecular flexibility index (Phi) is 6.22. The van der Waals surface area contributed by atoms with Gasteiger partial charge in [-0.05, 0) is 35.0 Å². The van der Waals surface area contributed by atoms with Gasteiger partial charge in [0.05, 0.1) is 0 Å². The Morgan fingerprint density at radius 2 is 2.12 bits per heavy atom. The van der Waals surface area contributed by atoms with Crippen molar-refractivity contribution in [3.63, 3.8) is 0 Å². The molecule has 0 saturated carbocycles. The summed E-state index contributed by atoms with van der Waals surface area (Å²) in [5.74, 6) is 0.213. The fourth-order valence-corrected chi connectivity index (χ4v) is 2.79. The Labute approximate surface area is 145 Å². The number of carbonyl (C=O) groups excluding carboxylic acids is 1. The molecule has 1 fully saturated rings. The number of amides is 1. The van der Waals surface area contributed by atoms with Gasteiger partial charge >= 0.3 is 0 Å². The predicted octanol–water partition coefficient (Wildman–Crippen LogP) is 0.758. The number of halogens is 2. The molecule has 0 radical (unpaired) electrons. The number of tetrazole rings is 1. The first-order chi connectivity index (χ1) is 11.1. The lowest BCUT2D eigenvalue weighted by molar-refractivity contribution is -0.135. The predicted molar refractivity (Wildman–Crippen MR) is 88.4 cm³/mol. The Morgan fingerprint density at radius 3 is 2.75 bits per heavy atom. The maximum atomic E-state index is 13.4. The monoisotopic (exact) mass is 354 g/mol. The molecule has 1 saturated heterocycles. The van der Waals surface area contributed by atoms with Gasteiger partial charge in [-0.2, -0.15) is 0 Å². The highest BCUT2D eigenvalue weighted by Crippen LogP contribution is 2.18. The molecule has 7 nitrogen and oxygen atoms in total. The second kappa shape index (κ2) is 8.16. The largest absolute Gasteiger partial charge is 0.338 e. The summed E-state index contributed by atoms with van der Waals surface area (Å²) in [5.41, 5.74) is 0.744. The van der Waals surface area contributed by atoms with Crippen molar-refractivity contribution in [2.75, 3.05) is 26.2 Å². The van der Waals surface area contributed by atoms with Crippen LogP contribution in [0, 0.1) is 12.7 Å². The van der Waals surface area contributed by atoms with Gasteiger partial charge in [-0.1, -0.05) is 12.1 Å². The summed E-state index contributed by atoms with van der Waals surface area (Å²) in [6.07, 6.45) is 0.354. The van der Waals surface area contributed by atoms with Crippen LogP contribution in [-0.2, 0) is 11.2 Å². The third-order valence-corrected chi connectivity index (χ3v) is 3.98. The molecule has 0 bridgehead atoms. The summed E-state index contributed by atoms with van der Waals surface area (Å²) >= 11 is 0. The molecule has 1 atom stereocenters. The zero-order valence-corrected chi connectivity index (χ0v) is 14.2. The quantitative estimate of drug-likeness (QED) is 0.877. The number of carbonyl (C=O) groups is 1. The number of aryl methyl sites for hydroxylation is 1. The summed E-state index contributed by atoms with van der Waals surface area (Å²) < 4.78 is 15.0. The van der Waals surface area contributed by atoms with E-state index in [4.69, 9.17) is 0 Å². The molecular formula is C15H20ClFN6O. The minimum atomic E-state index is -0.565. The van der Waals surface area contributed by atoms with Crippen LogP contribution < -0.4 is 5.32 Å². The Hall–Kier alpha value is -2.06. The average Bonchev–Trinajstić information content (AvgIpc) is 2.99. The van der Waals surface area contributed by atoms with E-state index in [0.29, 0.717) is 25.3 Å². The molecule has 130 valence electrons. The molecule has 0 aliphatic carbocycles. The van der Waals surface area contributed by atoms with Gasteiger partial charge in [-0.25, -0.2) is 9.07 Å². The van der Waals surface area contributed by atoms with Crippen molar-refractivity contribution in [2.24, 2.45) is 0 Å². The molecule has 24 heavy (non-hydrogen) atoms. The van der Waals surface area contributed by atoms with Gasteiger partial charge in [0.15, 0.2) is 0 Å². The van der Waals surface area contributed by atoms with Crippen molar-refractivity contribution >= 4 is 18.3 Å². The smallest absolute Gasteiger partial charge is 0.248 e. The lowest BCUT2D eigenvalue weighted by Gasteiger charge is -2.31. The van der Waals surface area contributed by atoms with Gasteiger partial charge in [0.1, 0.15) is 17.7 Å². The lowest BCUT2D eigenvalue weighted by atomic mass is 10.0. The SMILES string of the molecule is Cc1nnnn1C(Cc1cccc(F)c1)C(=O)N1CCNCC1.Cl. The van der Waals surface area contributed by atoms with E-state index in [0.717, 1.165) is 18.7 Å². The van der Waals surface area contributed by atoms with Crippen LogP contribution in [0.5, 0.6) is 0 Å². The van der Waals surface area contributed by atoms with Crippen molar-refractivity contribution in [3.05, 3.63) is 41.5 Å². The van der Waals surface area contributed by atoms with Crippen LogP contribution in [0.1, 0.15) is 17.4 Å². The molecule has 9 heteroatoms. The zero-order chi connectivity index (χ0) is 16.2. The molecule has 1 aliphatic rings. The third kappa shape index (κ3) is 4.07. The normalized spacial score (nSPS) is 15.7. The van der Waals surface area contributed by atoms with Crippen molar-refractivity contribution < 1.29 is 9.18 Å². The highest BCUT2D eigenvalue weighted by molar-refractivity contribution is 5.85. The molecule has 1 N–H and O–H groups in total. The molecule has 1 unspecified atom stereocenters. The topological polar surface area (TPSA) is 75.9 Å². The first kappa shape index (κ1) is 18.3. The van der Waals surface area contributed by atoms with Crippen LogP contribution in [0.3, 0.4) is 0 Å². The van der Waals surface area contributed by atoms with Crippen LogP contribution in [0.2, 0.25) is 0 Å². The van der Waals surface area contributed by atoms with E-state index in [2.05, 4.69) is 20.8 Å². The minimum absolute atomic E-state index is 0. The Bertz CT molecular complexity index is 688. The van der Waals surface area contributed by atoms with Gasteiger partial charge < -0.3 is 10.2 Å². The van der Waals surface area contributed by atoms with Gasteiger partial charge in [-0.15, -0.1) is 17.5 Å². The molecule has 1 aromatic carbocycles. The van der Waals surface area contributed by atoms with E-state index < -0.39 is 6.04 Å². The summed E-state index contributed by atoms with van der Waals surface area (Å²) in [6.45, 7) is 4.60. The number of aromatic nitrogens is 4. The summed E-state index contributed by atoms with van der Waals surface area (Å²) in [7, 11) is 0. The van der Waals surface area contributed by atoms with E-state index in [9.17, 15) is 9.18 Å². The fourth-order valence-electron chi connectivity index (χ4n) is 2.79. The maximum Gasteiger partial charge on any atom is 0.248 e. The molecular weight excluding hydrogens is 335 g/mol. The van der Waals surface area contributed by atoms with Crippen molar-refractivity contribution in [2.45, 2.75) is 19.4 Å². The number of piperazine rings is 1. The van der Waals surface area contributed by atoms with E-state index in [-0.39, 0.29) is 24.1 Å². The fraction of sp³-hybridized carbons (Fsp3) is 0.467. The summed E-state index contributed by atoms with van der Waals surface area (Å²) in [5, 5.41) is 14.7. The number of hydrogen-bond donors (Lipinski definition) is 1. The third-order valence-electron chi connectivity index (χ3n) is 3.98. The molecule has 1 aliphatic heterocycles. The van der Waals surface area contributed by atoms with E-state index in [1.807, 2.05) is 4.90 Å². The first-order valence-corrected chi connectivity index (χ1v) is 7.63. The second-order valence-corrected chi connectivity index (χ2v) is 5.60. The van der Waals surface area contributed by atoms with Crippen molar-refractivity contribution in [1.82, 2.24) is 30.4 Å². The van der Waals surface area contributed by atoms with Crippen LogP contribution in [0.4, 0.5) is 4.39 Å². The van der Waals surface area contributed by atoms with Crippen molar-refractivity contribution in [3.8, 4) is 0 Å². The highest BCUT2D eigenvalue weighted by Gasteiger charge is 2.29. The Morgan fingerprint density at radius 1 is 1.38 bits per heavy atom. The number of hydrogen-bond acceptors (Lipinski definition) is 5. The van der Waals surface area contributed by atoms with Gasteiger partial charge in [0.2, 0.25) is 5.91 Å². The minimum Gasteiger partial charge on any atom is -0.338 e. The van der Waals surface area contributed by atoms with Crippen LogP contribution in [-0.4, -0.2) is 57.2 Å². The molecule has 2 aromatic rings. The van der Waals surface area contributed by atoms with E-state index in [1.165, 1.54) is 16.8 Å². The number of benzene rings is 1. The second-order valence-electron chi connectivity index (χ2n) is 5.60. The molecule has 1 amide bonds. The molecule has 2 heterocycles. The zero-order valence-electron chi connectivity index (χ0n) is 13.4. The maximum absolute atomic E-state index is 13.4. The summed E-state index contributed by atoms with van der Waals surface area (Å²) in [4.78, 5) is 14.7. The number of rotatable bonds is 4. The lowest BCUT2D eigenvalue weighted by Crippen LogP contribution is -2.49. The van der Waals surface area contributed by atoms with Crippen LogP contribution in [0.25, 0.3) is 0 Å². The van der Waals surface area contributed by atoms with Gasteiger partial charge in [-0.3, -0.25) is 4.79 Å². The van der Waals surface area contributed by atoms with Crippen LogP contribution >= 0.6 is 12.4 Å². The van der Waals surface area contributed by atoms with E-state index in [1.54, 1.807) is 19.1 Å². The Balaban J connectivity index is 0.00000208. The summed E-state index contributed by atoms with van der Waals surface area (Å²) in [6, 6.07) is 5.71. The molecule has 3 rings (SSSR count). The highest BCUT2D eigenvalue weighted by atomic mass is 35.5. The first-order valence-electron chi connectivity index (χ1n) is 7.63. The van der Waals surface area contributed by atoms with Crippen molar-refractivity contribution in [1.29, 1.82) is 0 Å². The molecule has 1 aromatic heterocycles. The van der Waals surface area contributed by atoms with Gasteiger partial charge in [0, 0.05) is 32.6 Å².